The molecule has 0 amide bonds. The molecule has 3 unspecified atom stereocenters. The quantitative estimate of drug-likeness (QED) is 0.582. The van der Waals surface area contributed by atoms with E-state index in [2.05, 4.69) is 13.8 Å². The molecule has 0 radical (unpaired) electrons. The average Bonchev–Trinajstić information content (AvgIpc) is 2.94. The van der Waals surface area contributed by atoms with Gasteiger partial charge in [-0.2, -0.15) is 0 Å². The molecule has 2 saturated carbocycles. The normalized spacial score (nSPS) is 40.0. The third-order valence-electron chi connectivity index (χ3n) is 3.93. The van der Waals surface area contributed by atoms with Crippen molar-refractivity contribution >= 4 is 0 Å². The van der Waals surface area contributed by atoms with E-state index in [9.17, 15) is 0 Å². The van der Waals surface area contributed by atoms with E-state index >= 15 is 0 Å². The van der Waals surface area contributed by atoms with Gasteiger partial charge in [-0.05, 0) is 42.9 Å². The van der Waals surface area contributed by atoms with Gasteiger partial charge in [0.15, 0.2) is 0 Å². The van der Waals surface area contributed by atoms with Crippen molar-refractivity contribution in [1.29, 1.82) is 0 Å². The molecule has 3 atom stereocenters. The van der Waals surface area contributed by atoms with Crippen LogP contribution in [-0.2, 0) is 0 Å². The molecule has 0 bridgehead atoms. The third kappa shape index (κ3) is 1.53. The molecule has 0 heteroatoms. The lowest BCUT2D eigenvalue weighted by Crippen LogP contribution is -1.84. The maximum Gasteiger partial charge on any atom is -0.0324 e. The predicted molar refractivity (Wildman–Crippen MR) is 53.0 cm³/mol. The average molecular weight is 166 g/mol. The number of unbranched alkanes of at least 4 members (excludes halogenated alkanes) is 1. The van der Waals surface area contributed by atoms with Crippen LogP contribution in [0.4, 0.5) is 0 Å². The van der Waals surface area contributed by atoms with Crippen LogP contribution in [0.2, 0.25) is 0 Å². The Morgan fingerprint density at radius 2 is 1.83 bits per heavy atom. The van der Waals surface area contributed by atoms with Crippen molar-refractivity contribution in [1.82, 2.24) is 0 Å². The molecule has 2 fully saturated rings. The minimum absolute atomic E-state index is 1.14. The molecule has 0 heterocycles. The number of rotatable bonds is 5. The summed E-state index contributed by atoms with van der Waals surface area (Å²) in [5.74, 6) is 4.66. The standard InChI is InChI=1S/C12H22/c1-3-5-6-11-10(4-2)12(11)9-7-8-9/h9-12H,3-8H2,1-2H3. The summed E-state index contributed by atoms with van der Waals surface area (Å²) in [4.78, 5) is 0. The predicted octanol–water partition coefficient (Wildman–Crippen LogP) is 3.86. The van der Waals surface area contributed by atoms with Gasteiger partial charge >= 0.3 is 0 Å². The molecule has 2 aliphatic carbocycles. The fourth-order valence-corrected chi connectivity index (χ4v) is 3.08. The highest BCUT2D eigenvalue weighted by molar-refractivity contribution is 5.03. The van der Waals surface area contributed by atoms with Crippen molar-refractivity contribution < 1.29 is 0 Å². The van der Waals surface area contributed by atoms with Gasteiger partial charge in [-0.15, -0.1) is 0 Å². The van der Waals surface area contributed by atoms with Crippen molar-refractivity contribution in [2.45, 2.75) is 52.4 Å². The van der Waals surface area contributed by atoms with Crippen LogP contribution in [0.5, 0.6) is 0 Å². The zero-order chi connectivity index (χ0) is 8.55. The summed E-state index contributed by atoms with van der Waals surface area (Å²) in [6, 6.07) is 0. The monoisotopic (exact) mass is 166 g/mol. The highest BCUT2D eigenvalue weighted by Gasteiger charge is 2.54. The molecule has 0 spiro atoms. The van der Waals surface area contributed by atoms with Gasteiger partial charge in [0.1, 0.15) is 0 Å². The fourth-order valence-electron chi connectivity index (χ4n) is 3.08. The molecule has 12 heavy (non-hydrogen) atoms. The van der Waals surface area contributed by atoms with E-state index in [-0.39, 0.29) is 0 Å². The molecule has 0 saturated heterocycles. The van der Waals surface area contributed by atoms with Gasteiger partial charge in [-0.25, -0.2) is 0 Å². The van der Waals surface area contributed by atoms with Crippen LogP contribution >= 0.6 is 0 Å². The van der Waals surface area contributed by atoms with Gasteiger partial charge in [0.25, 0.3) is 0 Å². The first-order valence-electron chi connectivity index (χ1n) is 5.88. The Kier molecular flexibility index (Phi) is 2.43. The fraction of sp³-hybridized carbons (Fsp3) is 1.00. The second kappa shape index (κ2) is 3.40. The smallest absolute Gasteiger partial charge is 0.0324 e. The number of hydrogen-bond acceptors (Lipinski definition) is 0. The first-order valence-corrected chi connectivity index (χ1v) is 5.88. The summed E-state index contributed by atoms with van der Waals surface area (Å²) < 4.78 is 0. The molecule has 2 rings (SSSR count). The zero-order valence-electron chi connectivity index (χ0n) is 8.55. The Labute approximate surface area is 76.7 Å². The summed E-state index contributed by atoms with van der Waals surface area (Å²) in [7, 11) is 0. The Morgan fingerprint density at radius 3 is 2.33 bits per heavy atom. The van der Waals surface area contributed by atoms with E-state index in [4.69, 9.17) is 0 Å². The highest BCUT2D eigenvalue weighted by atomic mass is 14.6. The Hall–Kier alpha value is 0. The summed E-state index contributed by atoms with van der Waals surface area (Å²) in [6.07, 6.45) is 8.98. The Balaban J connectivity index is 1.75. The van der Waals surface area contributed by atoms with E-state index in [1.54, 1.807) is 12.8 Å². The van der Waals surface area contributed by atoms with Crippen molar-refractivity contribution in [3.63, 3.8) is 0 Å². The minimum atomic E-state index is 1.14. The van der Waals surface area contributed by atoms with Crippen LogP contribution in [0, 0.1) is 23.7 Å². The van der Waals surface area contributed by atoms with Gasteiger partial charge in [0.2, 0.25) is 0 Å². The molecule has 0 aliphatic heterocycles. The van der Waals surface area contributed by atoms with E-state index in [1.165, 1.54) is 37.5 Å². The molecule has 0 nitrogen and oxygen atoms in total. The SMILES string of the molecule is CCCCC1C(CC)C1C1CC1. The summed E-state index contributed by atoms with van der Waals surface area (Å²) in [5, 5.41) is 0. The number of hydrogen-bond donors (Lipinski definition) is 0. The van der Waals surface area contributed by atoms with Crippen molar-refractivity contribution in [3.8, 4) is 0 Å². The van der Waals surface area contributed by atoms with Gasteiger partial charge < -0.3 is 0 Å². The lowest BCUT2D eigenvalue weighted by Gasteiger charge is -1.95. The second-order valence-electron chi connectivity index (χ2n) is 4.79. The van der Waals surface area contributed by atoms with Crippen LogP contribution in [0.25, 0.3) is 0 Å². The topological polar surface area (TPSA) is 0 Å². The maximum absolute atomic E-state index is 2.38. The van der Waals surface area contributed by atoms with E-state index < -0.39 is 0 Å². The maximum atomic E-state index is 2.38. The van der Waals surface area contributed by atoms with E-state index in [1.807, 2.05) is 0 Å². The summed E-state index contributed by atoms with van der Waals surface area (Å²) >= 11 is 0. The van der Waals surface area contributed by atoms with Crippen LogP contribution < -0.4 is 0 Å². The third-order valence-corrected chi connectivity index (χ3v) is 3.93. The molecular formula is C12H22. The van der Waals surface area contributed by atoms with Gasteiger partial charge in [0, 0.05) is 0 Å². The minimum Gasteiger partial charge on any atom is -0.0654 e. The van der Waals surface area contributed by atoms with Crippen LogP contribution in [0.1, 0.15) is 52.4 Å². The Bertz CT molecular complexity index is 146. The summed E-state index contributed by atoms with van der Waals surface area (Å²) in [6.45, 7) is 4.70. The lowest BCUT2D eigenvalue weighted by molar-refractivity contribution is 0.567. The van der Waals surface area contributed by atoms with E-state index in [0.717, 1.165) is 11.8 Å². The molecule has 0 aromatic heterocycles. The second-order valence-corrected chi connectivity index (χ2v) is 4.79. The van der Waals surface area contributed by atoms with Crippen LogP contribution in [0.3, 0.4) is 0 Å². The van der Waals surface area contributed by atoms with Gasteiger partial charge in [-0.3, -0.25) is 0 Å². The summed E-state index contributed by atoms with van der Waals surface area (Å²) in [5.41, 5.74) is 0. The highest BCUT2D eigenvalue weighted by Crippen LogP contribution is 2.61. The zero-order valence-corrected chi connectivity index (χ0v) is 8.55. The Morgan fingerprint density at radius 1 is 1.08 bits per heavy atom. The first kappa shape index (κ1) is 8.59. The first-order chi connectivity index (χ1) is 5.88. The molecule has 0 N–H and O–H groups in total. The lowest BCUT2D eigenvalue weighted by atomic mass is 10.1. The van der Waals surface area contributed by atoms with Gasteiger partial charge in [-0.1, -0.05) is 33.1 Å². The van der Waals surface area contributed by atoms with Crippen molar-refractivity contribution in [2.24, 2.45) is 23.7 Å². The van der Waals surface area contributed by atoms with Crippen LogP contribution in [-0.4, -0.2) is 0 Å². The van der Waals surface area contributed by atoms with E-state index in [0.29, 0.717) is 0 Å². The molecule has 0 aromatic carbocycles. The molecular weight excluding hydrogens is 144 g/mol. The molecule has 2 aliphatic rings. The van der Waals surface area contributed by atoms with Crippen molar-refractivity contribution in [2.75, 3.05) is 0 Å². The van der Waals surface area contributed by atoms with Crippen molar-refractivity contribution in [3.05, 3.63) is 0 Å². The largest absolute Gasteiger partial charge is 0.0654 e. The molecule has 70 valence electrons. The van der Waals surface area contributed by atoms with Crippen LogP contribution in [0.15, 0.2) is 0 Å². The van der Waals surface area contributed by atoms with Gasteiger partial charge in [0.05, 0.1) is 0 Å². The molecule has 0 aromatic rings.